The molecule has 2 fully saturated rings. The summed E-state index contributed by atoms with van der Waals surface area (Å²) in [6.45, 7) is 1.42. The molecule has 1 N–H and O–H groups in total. The third-order valence-corrected chi connectivity index (χ3v) is 8.29. The first-order valence-electron chi connectivity index (χ1n) is 13.2. The van der Waals surface area contributed by atoms with Crippen LogP contribution in [0.25, 0.3) is 11.3 Å². The Hall–Kier alpha value is -3.96. The second-order valence-electron chi connectivity index (χ2n) is 10.7. The van der Waals surface area contributed by atoms with Gasteiger partial charge in [0.15, 0.2) is 0 Å². The third kappa shape index (κ3) is 4.94. The number of rotatable bonds is 5. The molecule has 2 aliphatic rings. The molecular formula is C30H33N5O3. The van der Waals surface area contributed by atoms with E-state index >= 15 is 0 Å². The summed E-state index contributed by atoms with van der Waals surface area (Å²) in [5, 5.41) is 21.2. The number of carbonyl (C=O) groups excluding carboxylic acids is 1. The van der Waals surface area contributed by atoms with Crippen molar-refractivity contribution in [1.29, 1.82) is 5.26 Å². The average molecular weight is 512 g/mol. The molecule has 1 saturated heterocycles. The van der Waals surface area contributed by atoms with E-state index in [0.717, 1.165) is 36.8 Å². The number of likely N-dealkylation sites (tertiary alicyclic amines) is 1. The lowest BCUT2D eigenvalue weighted by atomic mass is 9.66. The lowest BCUT2D eigenvalue weighted by Crippen LogP contribution is -2.63. The molecule has 1 saturated carbocycles. The monoisotopic (exact) mass is 511 g/mol. The van der Waals surface area contributed by atoms with Gasteiger partial charge in [-0.3, -0.25) is 9.36 Å². The van der Waals surface area contributed by atoms with Crippen molar-refractivity contribution >= 4 is 6.03 Å². The van der Waals surface area contributed by atoms with Crippen molar-refractivity contribution in [1.82, 2.24) is 19.4 Å². The van der Waals surface area contributed by atoms with Crippen molar-refractivity contribution in [3.05, 3.63) is 88.5 Å². The Morgan fingerprint density at radius 3 is 2.58 bits per heavy atom. The van der Waals surface area contributed by atoms with Crippen LogP contribution in [0, 0.1) is 16.7 Å². The summed E-state index contributed by atoms with van der Waals surface area (Å²) in [7, 11) is 1.77. The van der Waals surface area contributed by atoms with Crippen molar-refractivity contribution in [3.8, 4) is 17.3 Å². The fraction of sp³-hybridized carbons (Fsp3) is 0.400. The second kappa shape index (κ2) is 10.4. The molecule has 1 atom stereocenters. The van der Waals surface area contributed by atoms with Crippen LogP contribution in [0.4, 0.5) is 4.79 Å². The van der Waals surface area contributed by atoms with Gasteiger partial charge < -0.3 is 14.9 Å². The Labute approximate surface area is 222 Å². The van der Waals surface area contributed by atoms with Crippen LogP contribution in [0.2, 0.25) is 0 Å². The van der Waals surface area contributed by atoms with Gasteiger partial charge in [-0.05, 0) is 37.0 Å². The standard InChI is InChI=1S/C30H33N5O3/c1-33(19-24-9-7-8-23(16-24)18-31)28(37)34-15-14-30(38,29(20-34)12-5-6-13-29)21-35-22-32-26(17-27(35)36)25-10-3-2-4-11-25/h2-4,7-11,16-17,22,38H,5-6,12-15,19-21H2,1H3. The van der Waals surface area contributed by atoms with E-state index in [1.54, 1.807) is 24.1 Å². The van der Waals surface area contributed by atoms with E-state index in [4.69, 9.17) is 0 Å². The highest BCUT2D eigenvalue weighted by Crippen LogP contribution is 2.51. The van der Waals surface area contributed by atoms with Crippen LogP contribution >= 0.6 is 0 Å². The van der Waals surface area contributed by atoms with E-state index in [1.165, 1.54) is 17.0 Å². The Morgan fingerprint density at radius 1 is 1.11 bits per heavy atom. The largest absolute Gasteiger partial charge is 0.387 e. The van der Waals surface area contributed by atoms with Crippen molar-refractivity contribution in [2.24, 2.45) is 5.41 Å². The van der Waals surface area contributed by atoms with Crippen molar-refractivity contribution in [3.63, 3.8) is 0 Å². The second-order valence-corrected chi connectivity index (χ2v) is 10.7. The number of aromatic nitrogens is 2. The van der Waals surface area contributed by atoms with Crippen molar-refractivity contribution in [2.75, 3.05) is 20.1 Å². The fourth-order valence-corrected chi connectivity index (χ4v) is 6.18. The molecule has 2 aromatic carbocycles. The number of amides is 2. The summed E-state index contributed by atoms with van der Waals surface area (Å²) >= 11 is 0. The van der Waals surface area contributed by atoms with Crippen LogP contribution in [0.15, 0.2) is 71.8 Å². The van der Waals surface area contributed by atoms with Crippen LogP contribution in [0.5, 0.6) is 0 Å². The van der Waals surface area contributed by atoms with Gasteiger partial charge in [0.05, 0.1) is 35.8 Å². The molecule has 3 aromatic rings. The maximum atomic E-state index is 13.4. The molecule has 2 amide bonds. The van der Waals surface area contributed by atoms with Crippen LogP contribution in [-0.4, -0.2) is 56.2 Å². The van der Waals surface area contributed by atoms with Crippen LogP contribution < -0.4 is 5.56 Å². The van der Waals surface area contributed by atoms with Crippen molar-refractivity contribution < 1.29 is 9.90 Å². The average Bonchev–Trinajstić information content (AvgIpc) is 3.41. The highest BCUT2D eigenvalue weighted by Gasteiger charge is 2.55. The number of aliphatic hydroxyl groups is 1. The first kappa shape index (κ1) is 25.7. The minimum absolute atomic E-state index is 0.0910. The molecular weight excluding hydrogens is 478 g/mol. The molecule has 8 heteroatoms. The van der Waals surface area contributed by atoms with E-state index in [2.05, 4.69) is 11.1 Å². The highest BCUT2D eigenvalue weighted by molar-refractivity contribution is 5.74. The zero-order chi connectivity index (χ0) is 26.8. The fourth-order valence-electron chi connectivity index (χ4n) is 6.18. The Bertz CT molecular complexity index is 1410. The third-order valence-electron chi connectivity index (χ3n) is 8.29. The zero-order valence-electron chi connectivity index (χ0n) is 21.7. The topological polar surface area (TPSA) is 102 Å². The molecule has 38 heavy (non-hydrogen) atoms. The van der Waals surface area contributed by atoms with Gasteiger partial charge in [-0.1, -0.05) is 55.3 Å². The molecule has 1 spiro atoms. The molecule has 5 rings (SSSR count). The first-order valence-corrected chi connectivity index (χ1v) is 13.2. The number of piperidine rings is 1. The lowest BCUT2D eigenvalue weighted by Gasteiger charge is -2.52. The number of carbonyl (C=O) groups is 1. The predicted octanol–water partition coefficient (Wildman–Crippen LogP) is 4.03. The number of hydrogen-bond acceptors (Lipinski definition) is 5. The van der Waals surface area contributed by atoms with Crippen LogP contribution in [0.3, 0.4) is 0 Å². The van der Waals surface area contributed by atoms with Crippen LogP contribution in [-0.2, 0) is 13.1 Å². The maximum Gasteiger partial charge on any atom is 0.320 e. The van der Waals surface area contributed by atoms with E-state index in [1.807, 2.05) is 47.4 Å². The summed E-state index contributed by atoms with van der Waals surface area (Å²) in [5.41, 5.74) is 1.17. The maximum absolute atomic E-state index is 13.4. The summed E-state index contributed by atoms with van der Waals surface area (Å²) < 4.78 is 1.51. The minimum Gasteiger partial charge on any atom is -0.387 e. The van der Waals surface area contributed by atoms with E-state index in [-0.39, 0.29) is 18.1 Å². The van der Waals surface area contributed by atoms with Gasteiger partial charge in [0.1, 0.15) is 0 Å². The molecule has 1 aromatic heterocycles. The molecule has 196 valence electrons. The minimum atomic E-state index is -1.11. The van der Waals surface area contributed by atoms with Crippen LogP contribution in [0.1, 0.15) is 43.2 Å². The van der Waals surface area contributed by atoms with Crippen molar-refractivity contribution in [2.45, 2.75) is 50.8 Å². The molecule has 0 radical (unpaired) electrons. The molecule has 1 unspecified atom stereocenters. The molecule has 8 nitrogen and oxygen atoms in total. The quantitative estimate of drug-likeness (QED) is 0.557. The zero-order valence-corrected chi connectivity index (χ0v) is 21.7. The molecule has 1 aliphatic carbocycles. The highest BCUT2D eigenvalue weighted by atomic mass is 16.3. The van der Waals surface area contributed by atoms with Gasteiger partial charge in [0, 0.05) is 43.7 Å². The first-order chi connectivity index (χ1) is 18.3. The lowest BCUT2D eigenvalue weighted by molar-refractivity contribution is -0.136. The predicted molar refractivity (Wildman–Crippen MR) is 144 cm³/mol. The van der Waals surface area contributed by atoms with E-state index < -0.39 is 11.0 Å². The summed E-state index contributed by atoms with van der Waals surface area (Å²) in [6.07, 6.45) is 5.52. The van der Waals surface area contributed by atoms with Gasteiger partial charge in [-0.2, -0.15) is 5.26 Å². The Balaban J connectivity index is 1.32. The van der Waals surface area contributed by atoms with Gasteiger partial charge in [-0.25, -0.2) is 9.78 Å². The van der Waals surface area contributed by atoms with E-state index in [0.29, 0.717) is 37.3 Å². The van der Waals surface area contributed by atoms with Gasteiger partial charge in [0.2, 0.25) is 0 Å². The summed E-state index contributed by atoms with van der Waals surface area (Å²) in [5.74, 6) is 0. The number of urea groups is 1. The molecule has 0 bridgehead atoms. The normalized spacial score (nSPS) is 20.3. The number of hydrogen-bond donors (Lipinski definition) is 1. The smallest absolute Gasteiger partial charge is 0.320 e. The van der Waals surface area contributed by atoms with E-state index in [9.17, 15) is 20.0 Å². The summed E-state index contributed by atoms with van der Waals surface area (Å²) in [6, 6.07) is 20.4. The number of nitrogens with zero attached hydrogens (tertiary/aromatic N) is 5. The number of nitriles is 1. The van der Waals surface area contributed by atoms with Gasteiger partial charge >= 0.3 is 6.03 Å². The molecule has 1 aliphatic heterocycles. The van der Waals surface area contributed by atoms with Gasteiger partial charge in [-0.15, -0.1) is 0 Å². The molecule has 2 heterocycles. The SMILES string of the molecule is CN(Cc1cccc(C#N)c1)C(=O)N1CCC(O)(Cn2cnc(-c3ccccc3)cc2=O)C2(CCCC2)C1. The van der Waals surface area contributed by atoms with Gasteiger partial charge in [0.25, 0.3) is 5.56 Å². The Morgan fingerprint density at radius 2 is 1.87 bits per heavy atom. The summed E-state index contributed by atoms with van der Waals surface area (Å²) in [4.78, 5) is 34.5. The number of benzene rings is 2. The Kier molecular flexibility index (Phi) is 7.04.